The highest BCUT2D eigenvalue weighted by molar-refractivity contribution is 9.10. The molecule has 160 valence electrons. The van der Waals surface area contributed by atoms with E-state index in [1.54, 1.807) is 35.5 Å². The highest BCUT2D eigenvalue weighted by Crippen LogP contribution is 2.28. The van der Waals surface area contributed by atoms with E-state index in [0.29, 0.717) is 27.4 Å². The molecular weight excluding hydrogens is 502 g/mol. The topological polar surface area (TPSA) is 81.8 Å². The number of hydrogen-bond donors (Lipinski definition) is 1. The van der Waals surface area contributed by atoms with Gasteiger partial charge in [0.25, 0.3) is 10.0 Å². The summed E-state index contributed by atoms with van der Waals surface area (Å²) in [5.74, 6) is 0.193. The number of benzene rings is 2. The van der Waals surface area contributed by atoms with Gasteiger partial charge >= 0.3 is 0 Å². The van der Waals surface area contributed by atoms with Crippen LogP contribution in [0.4, 0.5) is 5.82 Å². The number of anilines is 1. The summed E-state index contributed by atoms with van der Waals surface area (Å²) in [6.45, 7) is 3.81. The van der Waals surface area contributed by atoms with Crippen LogP contribution in [0.25, 0.3) is 5.69 Å². The number of halogens is 2. The fraction of sp³-hybridized carbons (Fsp3) is 0.143. The Balaban J connectivity index is 1.64. The number of aryl methyl sites for hydroxylation is 1. The number of hydrogen-bond acceptors (Lipinski definition) is 4. The van der Waals surface area contributed by atoms with Crippen molar-refractivity contribution < 1.29 is 8.42 Å². The number of sulfonamides is 1. The van der Waals surface area contributed by atoms with Crippen LogP contribution in [-0.2, 0) is 16.6 Å². The van der Waals surface area contributed by atoms with E-state index in [0.717, 1.165) is 11.3 Å². The quantitative estimate of drug-likeness (QED) is 0.390. The zero-order chi connectivity index (χ0) is 22.2. The van der Waals surface area contributed by atoms with Crippen molar-refractivity contribution >= 4 is 43.4 Å². The Kier molecular flexibility index (Phi) is 5.92. The van der Waals surface area contributed by atoms with Crippen LogP contribution < -0.4 is 4.72 Å². The maximum Gasteiger partial charge on any atom is 0.266 e. The molecule has 4 aromatic rings. The molecule has 0 amide bonds. The van der Waals surface area contributed by atoms with Crippen molar-refractivity contribution in [2.45, 2.75) is 25.3 Å². The predicted molar refractivity (Wildman–Crippen MR) is 124 cm³/mol. The third-order valence-corrected chi connectivity index (χ3v) is 7.27. The lowest BCUT2D eigenvalue weighted by atomic mass is 10.2. The van der Waals surface area contributed by atoms with Crippen LogP contribution in [0.2, 0.25) is 5.02 Å². The first-order chi connectivity index (χ1) is 14.8. The molecule has 0 aliphatic heterocycles. The van der Waals surface area contributed by atoms with Gasteiger partial charge in [0, 0.05) is 11.2 Å². The first-order valence-electron chi connectivity index (χ1n) is 9.37. The first kappa shape index (κ1) is 21.6. The molecule has 2 heterocycles. The second-order valence-electron chi connectivity index (χ2n) is 6.97. The van der Waals surface area contributed by atoms with Gasteiger partial charge in [-0.1, -0.05) is 48.0 Å². The molecule has 31 heavy (non-hydrogen) atoms. The van der Waals surface area contributed by atoms with Crippen LogP contribution in [0.5, 0.6) is 0 Å². The summed E-state index contributed by atoms with van der Waals surface area (Å²) >= 11 is 9.61. The molecule has 0 radical (unpaired) electrons. The summed E-state index contributed by atoms with van der Waals surface area (Å²) in [6, 6.07) is 16.8. The fourth-order valence-corrected chi connectivity index (χ4v) is 5.52. The van der Waals surface area contributed by atoms with Crippen LogP contribution in [0, 0.1) is 13.8 Å². The molecule has 2 aromatic heterocycles. The van der Waals surface area contributed by atoms with E-state index in [2.05, 4.69) is 30.8 Å². The van der Waals surface area contributed by atoms with Crippen molar-refractivity contribution in [2.24, 2.45) is 0 Å². The highest BCUT2D eigenvalue weighted by atomic mass is 79.9. The molecule has 0 saturated carbocycles. The average Bonchev–Trinajstić information content (AvgIpc) is 3.22. The van der Waals surface area contributed by atoms with Crippen LogP contribution in [0.3, 0.4) is 0 Å². The van der Waals surface area contributed by atoms with E-state index < -0.39 is 10.0 Å². The molecule has 2 aromatic carbocycles. The third kappa shape index (κ3) is 4.39. The zero-order valence-electron chi connectivity index (χ0n) is 16.8. The molecule has 0 bridgehead atoms. The molecule has 0 aliphatic carbocycles. The molecule has 4 rings (SSSR count). The Hall–Kier alpha value is -2.62. The van der Waals surface area contributed by atoms with Crippen molar-refractivity contribution in [1.29, 1.82) is 0 Å². The van der Waals surface area contributed by atoms with Crippen molar-refractivity contribution in [3.8, 4) is 5.69 Å². The van der Waals surface area contributed by atoms with Crippen LogP contribution in [0.1, 0.15) is 17.0 Å². The van der Waals surface area contributed by atoms with E-state index in [1.165, 1.54) is 0 Å². The molecule has 0 aliphatic rings. The van der Waals surface area contributed by atoms with Crippen molar-refractivity contribution in [1.82, 2.24) is 19.6 Å². The average molecular weight is 521 g/mol. The monoisotopic (exact) mass is 519 g/mol. The molecular formula is C21H19BrClN5O2S. The van der Waals surface area contributed by atoms with E-state index in [1.807, 2.05) is 48.5 Å². The minimum Gasteiger partial charge on any atom is -0.265 e. The minimum absolute atomic E-state index is 0.129. The number of para-hydroxylation sites is 1. The molecule has 0 fully saturated rings. The van der Waals surface area contributed by atoms with Gasteiger partial charge < -0.3 is 0 Å². The summed E-state index contributed by atoms with van der Waals surface area (Å²) < 4.78 is 32.8. The largest absolute Gasteiger partial charge is 0.266 e. The third-order valence-electron chi connectivity index (χ3n) is 4.73. The maximum atomic E-state index is 13.2. The van der Waals surface area contributed by atoms with Crippen molar-refractivity contribution in [3.63, 3.8) is 0 Å². The summed E-state index contributed by atoms with van der Waals surface area (Å²) in [6.07, 6.45) is 1.70. The molecule has 10 heteroatoms. The second kappa shape index (κ2) is 8.49. The molecule has 0 spiro atoms. The number of rotatable bonds is 6. The van der Waals surface area contributed by atoms with Crippen LogP contribution in [-0.4, -0.2) is 28.0 Å². The number of nitrogens with one attached hydrogen (secondary N) is 1. The fourth-order valence-electron chi connectivity index (χ4n) is 3.36. The van der Waals surface area contributed by atoms with Gasteiger partial charge in [-0.3, -0.25) is 9.40 Å². The van der Waals surface area contributed by atoms with Crippen molar-refractivity contribution in [2.75, 3.05) is 4.72 Å². The zero-order valence-corrected chi connectivity index (χ0v) is 19.9. The minimum atomic E-state index is -3.92. The molecule has 1 N–H and O–H groups in total. The normalized spacial score (nSPS) is 11.6. The Labute approximate surface area is 193 Å². The van der Waals surface area contributed by atoms with Crippen LogP contribution in [0.15, 0.2) is 70.2 Å². The lowest BCUT2D eigenvalue weighted by Gasteiger charge is -2.08. The number of aromatic nitrogens is 4. The van der Waals surface area contributed by atoms with E-state index >= 15 is 0 Å². The van der Waals surface area contributed by atoms with Crippen LogP contribution >= 0.6 is 27.5 Å². The maximum absolute atomic E-state index is 13.2. The van der Waals surface area contributed by atoms with Gasteiger partial charge in [-0.2, -0.15) is 10.2 Å². The van der Waals surface area contributed by atoms with Gasteiger partial charge in [-0.15, -0.1) is 0 Å². The Morgan fingerprint density at radius 3 is 2.42 bits per heavy atom. The molecule has 7 nitrogen and oxygen atoms in total. The summed E-state index contributed by atoms with van der Waals surface area (Å²) in [4.78, 5) is 0.129. The second-order valence-corrected chi connectivity index (χ2v) is 9.85. The Morgan fingerprint density at radius 1 is 1.03 bits per heavy atom. The van der Waals surface area contributed by atoms with Gasteiger partial charge in [0.1, 0.15) is 4.90 Å². The number of nitrogens with zero attached hydrogens (tertiary/aromatic N) is 4. The summed E-state index contributed by atoms with van der Waals surface area (Å²) in [5.41, 5.74) is 2.59. The van der Waals surface area contributed by atoms with E-state index in [9.17, 15) is 8.42 Å². The first-order valence-corrected chi connectivity index (χ1v) is 12.0. The van der Waals surface area contributed by atoms with Gasteiger partial charge in [0.2, 0.25) is 0 Å². The van der Waals surface area contributed by atoms with Gasteiger partial charge in [-0.05, 0) is 53.5 Å². The Morgan fingerprint density at radius 2 is 1.71 bits per heavy atom. The van der Waals surface area contributed by atoms with E-state index in [4.69, 9.17) is 11.6 Å². The summed E-state index contributed by atoms with van der Waals surface area (Å²) in [5, 5.41) is 9.42. The van der Waals surface area contributed by atoms with Gasteiger partial charge in [0.05, 0.1) is 28.1 Å². The standard InChI is InChI=1S/C21H19BrClN5O2S/c1-14-20(15(2)28(24-14)17-9-4-3-5-10-17)31(29,30)26-21-18(22)13-27(25-21)12-16-8-6-7-11-19(16)23/h3-11,13H,12H2,1-2H3,(H,25,26). The molecule has 0 saturated heterocycles. The van der Waals surface area contributed by atoms with E-state index in [-0.39, 0.29) is 10.7 Å². The van der Waals surface area contributed by atoms with Gasteiger partial charge in [0.15, 0.2) is 5.82 Å². The molecule has 0 atom stereocenters. The lowest BCUT2D eigenvalue weighted by Crippen LogP contribution is -2.16. The van der Waals surface area contributed by atoms with Gasteiger partial charge in [-0.25, -0.2) is 13.1 Å². The predicted octanol–water partition coefficient (Wildman–Crippen LogP) is 4.95. The molecule has 0 unspecified atom stereocenters. The SMILES string of the molecule is Cc1nn(-c2ccccc2)c(C)c1S(=O)(=O)Nc1nn(Cc2ccccc2Cl)cc1Br. The summed E-state index contributed by atoms with van der Waals surface area (Å²) in [7, 11) is -3.92. The Bertz CT molecular complexity index is 1350. The highest BCUT2D eigenvalue weighted by Gasteiger charge is 2.27. The smallest absolute Gasteiger partial charge is 0.265 e. The lowest BCUT2D eigenvalue weighted by molar-refractivity contribution is 0.599. The van der Waals surface area contributed by atoms with Crippen molar-refractivity contribution in [3.05, 3.63) is 87.2 Å².